The molecular formula is C21H25NO4S. The average molecular weight is 388 g/mol. The van der Waals surface area contributed by atoms with Gasteiger partial charge in [0.25, 0.3) is 0 Å². The van der Waals surface area contributed by atoms with Crippen molar-refractivity contribution in [2.45, 2.75) is 24.3 Å². The van der Waals surface area contributed by atoms with Crippen molar-refractivity contribution in [2.75, 3.05) is 19.9 Å². The van der Waals surface area contributed by atoms with Crippen LogP contribution in [0.15, 0.2) is 60.7 Å². The van der Waals surface area contributed by atoms with E-state index in [1.165, 1.54) is 7.11 Å². The van der Waals surface area contributed by atoms with Crippen molar-refractivity contribution in [3.8, 4) is 0 Å². The summed E-state index contributed by atoms with van der Waals surface area (Å²) in [6.07, 6.45) is 1.11. The summed E-state index contributed by atoms with van der Waals surface area (Å²) in [7, 11) is -2.31. The van der Waals surface area contributed by atoms with Crippen molar-refractivity contribution in [3.63, 3.8) is 0 Å². The molecule has 0 aliphatic carbocycles. The maximum atomic E-state index is 12.2. The molecule has 0 amide bonds. The maximum Gasteiger partial charge on any atom is 0.324 e. The Hall–Kier alpha value is -2.18. The number of esters is 1. The lowest BCUT2D eigenvalue weighted by Gasteiger charge is -2.52. The van der Waals surface area contributed by atoms with Gasteiger partial charge in [0.05, 0.1) is 13.2 Å². The van der Waals surface area contributed by atoms with Crippen LogP contribution < -0.4 is 0 Å². The largest absolute Gasteiger partial charge is 0.468 e. The van der Waals surface area contributed by atoms with Gasteiger partial charge in [0.1, 0.15) is 0 Å². The fourth-order valence-corrected chi connectivity index (χ4v) is 5.38. The highest BCUT2D eigenvalue weighted by molar-refractivity contribution is 7.92. The van der Waals surface area contributed by atoms with Crippen molar-refractivity contribution < 1.29 is 17.9 Å². The quantitative estimate of drug-likeness (QED) is 0.713. The molecule has 0 unspecified atom stereocenters. The Morgan fingerprint density at radius 1 is 1.04 bits per heavy atom. The van der Waals surface area contributed by atoms with Crippen molar-refractivity contribution in [1.82, 2.24) is 4.90 Å². The van der Waals surface area contributed by atoms with E-state index in [0.717, 1.165) is 17.4 Å². The minimum absolute atomic E-state index is 0.0107. The lowest BCUT2D eigenvalue weighted by molar-refractivity contribution is -0.144. The zero-order chi connectivity index (χ0) is 19.6. The number of ether oxygens (including phenoxy) is 1. The van der Waals surface area contributed by atoms with Crippen LogP contribution in [0.5, 0.6) is 0 Å². The van der Waals surface area contributed by atoms with E-state index < -0.39 is 21.1 Å². The second-order valence-corrected chi connectivity index (χ2v) is 9.27. The van der Waals surface area contributed by atoms with E-state index in [4.69, 9.17) is 4.74 Å². The molecule has 6 heteroatoms. The topological polar surface area (TPSA) is 63.7 Å². The molecule has 1 aliphatic heterocycles. The van der Waals surface area contributed by atoms with Crippen LogP contribution in [0.4, 0.5) is 0 Å². The molecule has 27 heavy (non-hydrogen) atoms. The van der Waals surface area contributed by atoms with Gasteiger partial charge in [0.2, 0.25) is 0 Å². The molecule has 0 saturated carbocycles. The Kier molecular flexibility index (Phi) is 5.67. The van der Waals surface area contributed by atoms with Crippen LogP contribution >= 0.6 is 0 Å². The Labute approximate surface area is 160 Å². The predicted octanol–water partition coefficient (Wildman–Crippen LogP) is 2.68. The van der Waals surface area contributed by atoms with Gasteiger partial charge >= 0.3 is 5.97 Å². The first-order valence-electron chi connectivity index (χ1n) is 8.97. The number of nitrogens with zero attached hydrogens (tertiary/aromatic N) is 1. The maximum absolute atomic E-state index is 12.2. The number of rotatable bonds is 6. The van der Waals surface area contributed by atoms with E-state index in [2.05, 4.69) is 29.2 Å². The highest BCUT2D eigenvalue weighted by atomic mass is 32.2. The first-order chi connectivity index (χ1) is 12.8. The molecule has 1 aliphatic rings. The lowest BCUT2D eigenvalue weighted by atomic mass is 9.82. The normalized spacial score (nSPS) is 21.5. The molecule has 1 saturated heterocycles. The molecule has 0 radical (unpaired) electrons. The van der Waals surface area contributed by atoms with Crippen molar-refractivity contribution in [1.29, 1.82) is 0 Å². The van der Waals surface area contributed by atoms with Gasteiger partial charge in [-0.05, 0) is 18.1 Å². The van der Waals surface area contributed by atoms with E-state index >= 15 is 0 Å². The van der Waals surface area contributed by atoms with E-state index in [0.29, 0.717) is 6.54 Å². The number of carbonyl (C=O) groups is 1. The van der Waals surface area contributed by atoms with Crippen LogP contribution in [0, 0.1) is 5.92 Å². The Balaban J connectivity index is 1.92. The minimum Gasteiger partial charge on any atom is -0.468 e. The number of benzene rings is 2. The van der Waals surface area contributed by atoms with E-state index in [9.17, 15) is 13.2 Å². The summed E-state index contributed by atoms with van der Waals surface area (Å²) in [5, 5.41) is -1.12. The molecule has 0 bridgehead atoms. The van der Waals surface area contributed by atoms with Crippen LogP contribution in [-0.4, -0.2) is 50.5 Å². The fourth-order valence-electron chi connectivity index (χ4n) is 3.99. The van der Waals surface area contributed by atoms with E-state index in [-0.39, 0.29) is 18.0 Å². The summed E-state index contributed by atoms with van der Waals surface area (Å²) in [5.74, 6) is -0.965. The number of carbonyl (C=O) groups excluding carboxylic acids is 1. The van der Waals surface area contributed by atoms with Crippen LogP contribution in [0.3, 0.4) is 0 Å². The molecule has 2 aromatic rings. The number of likely N-dealkylation sites (tertiary alicyclic amines) is 1. The summed E-state index contributed by atoms with van der Waals surface area (Å²) in [4.78, 5) is 14.4. The monoisotopic (exact) mass is 387 g/mol. The zero-order valence-electron chi connectivity index (χ0n) is 15.8. The molecular weight excluding hydrogens is 362 g/mol. The van der Waals surface area contributed by atoms with Crippen LogP contribution in [0.25, 0.3) is 0 Å². The molecule has 2 aromatic carbocycles. The van der Waals surface area contributed by atoms with Gasteiger partial charge in [-0.1, -0.05) is 60.7 Å². The third-order valence-corrected chi connectivity index (χ3v) is 6.87. The number of sulfone groups is 1. The first-order valence-corrected chi connectivity index (χ1v) is 10.9. The zero-order valence-corrected chi connectivity index (χ0v) is 16.6. The summed E-state index contributed by atoms with van der Waals surface area (Å²) >= 11 is 0. The Bertz CT molecular complexity index is 843. The van der Waals surface area contributed by atoms with Crippen LogP contribution in [-0.2, 0) is 19.4 Å². The van der Waals surface area contributed by atoms with Crippen LogP contribution in [0.2, 0.25) is 0 Å². The molecule has 0 aromatic heterocycles. The summed E-state index contributed by atoms with van der Waals surface area (Å²) < 4.78 is 29.2. The summed E-state index contributed by atoms with van der Waals surface area (Å²) in [5.41, 5.74) is 2.28. The van der Waals surface area contributed by atoms with E-state index in [1.807, 2.05) is 43.3 Å². The Morgan fingerprint density at radius 3 is 1.89 bits per heavy atom. The second-order valence-electron chi connectivity index (χ2n) is 7.10. The van der Waals surface area contributed by atoms with E-state index in [1.54, 1.807) is 0 Å². The van der Waals surface area contributed by atoms with Gasteiger partial charge < -0.3 is 4.74 Å². The smallest absolute Gasteiger partial charge is 0.324 e. The molecule has 3 atom stereocenters. The molecule has 5 nitrogen and oxygen atoms in total. The molecule has 144 valence electrons. The molecule has 0 N–H and O–H groups in total. The lowest BCUT2D eigenvalue weighted by Crippen LogP contribution is -2.62. The average Bonchev–Trinajstić information content (AvgIpc) is 2.67. The molecule has 0 spiro atoms. The standard InChI is InChI=1S/C21H25NO4S/c1-15-18(20(21(23)26-2)27(3,24)25)14-22(15)19(16-10-6-4-7-11-16)17-12-8-5-9-13-17/h4-13,15,18-20H,14H2,1-3H3/t15-,18+,20+/m0/s1. The SMILES string of the molecule is COC(=O)[C@@H]([C@@H]1CN(C(c2ccccc2)c2ccccc2)[C@H]1C)S(C)(=O)=O. The van der Waals surface area contributed by atoms with Crippen molar-refractivity contribution >= 4 is 15.8 Å². The minimum atomic E-state index is -3.55. The van der Waals surface area contributed by atoms with Gasteiger partial charge in [-0.25, -0.2) is 8.42 Å². The first kappa shape index (κ1) is 19.6. The third-order valence-electron chi connectivity index (χ3n) is 5.41. The second kappa shape index (κ2) is 7.82. The third kappa shape index (κ3) is 3.92. The number of hydrogen-bond donors (Lipinski definition) is 0. The summed E-state index contributed by atoms with van der Waals surface area (Å²) in [6.45, 7) is 2.50. The molecule has 3 rings (SSSR count). The Morgan fingerprint density at radius 2 is 1.52 bits per heavy atom. The predicted molar refractivity (Wildman–Crippen MR) is 105 cm³/mol. The fraction of sp³-hybridized carbons (Fsp3) is 0.381. The van der Waals surface area contributed by atoms with Gasteiger partial charge in [0.15, 0.2) is 15.1 Å². The molecule has 1 fully saturated rings. The van der Waals surface area contributed by atoms with Gasteiger partial charge in [-0.3, -0.25) is 9.69 Å². The highest BCUT2D eigenvalue weighted by Gasteiger charge is 2.50. The number of hydrogen-bond acceptors (Lipinski definition) is 5. The van der Waals surface area contributed by atoms with Gasteiger partial charge in [-0.2, -0.15) is 0 Å². The van der Waals surface area contributed by atoms with Gasteiger partial charge in [-0.15, -0.1) is 0 Å². The van der Waals surface area contributed by atoms with Gasteiger partial charge in [0, 0.05) is 24.8 Å². The van der Waals surface area contributed by atoms with Crippen molar-refractivity contribution in [2.24, 2.45) is 5.92 Å². The van der Waals surface area contributed by atoms with Crippen LogP contribution in [0.1, 0.15) is 24.1 Å². The molecule has 1 heterocycles. The highest BCUT2D eigenvalue weighted by Crippen LogP contribution is 2.41. The number of methoxy groups -OCH3 is 1. The summed E-state index contributed by atoms with van der Waals surface area (Å²) in [6, 6.07) is 20.2. The van der Waals surface area contributed by atoms with Crippen molar-refractivity contribution in [3.05, 3.63) is 71.8 Å².